The first-order chi connectivity index (χ1) is 6.61. The zero-order valence-electron chi connectivity index (χ0n) is 8.53. The minimum Gasteiger partial charge on any atom is -0.480 e. The van der Waals surface area contributed by atoms with Crippen molar-refractivity contribution in [2.45, 2.75) is 25.3 Å². The van der Waals surface area contributed by atoms with E-state index < -0.39 is 12.0 Å². The summed E-state index contributed by atoms with van der Waals surface area (Å²) in [6, 6.07) is -0.740. The van der Waals surface area contributed by atoms with Crippen molar-refractivity contribution in [3.8, 4) is 0 Å². The Bertz CT molecular complexity index is 235. The molecular formula is C9H18ClN3O2. The van der Waals surface area contributed by atoms with E-state index in [2.05, 4.69) is 5.32 Å². The molecule has 1 saturated carbocycles. The lowest BCUT2D eigenvalue weighted by molar-refractivity contribution is -0.138. The van der Waals surface area contributed by atoms with E-state index in [1.165, 1.54) is 0 Å². The quantitative estimate of drug-likeness (QED) is 0.475. The number of carboxylic acids is 1. The summed E-state index contributed by atoms with van der Waals surface area (Å²) in [6.07, 6.45) is 2.19. The number of nitrogens with two attached hydrogens (primary N) is 1. The molecule has 0 aromatic rings. The summed E-state index contributed by atoms with van der Waals surface area (Å²) in [4.78, 5) is 10.4. The van der Waals surface area contributed by atoms with Gasteiger partial charge in [-0.3, -0.25) is 4.79 Å². The third-order valence-corrected chi connectivity index (χ3v) is 2.38. The smallest absolute Gasteiger partial charge is 0.320 e. The SMILES string of the molecule is Cl.N=C1CC1CNCCC[C@H](N)C(=O)O. The number of hydrogen-bond donors (Lipinski definition) is 4. The van der Waals surface area contributed by atoms with Crippen LogP contribution in [-0.4, -0.2) is 35.9 Å². The van der Waals surface area contributed by atoms with E-state index in [4.69, 9.17) is 16.2 Å². The van der Waals surface area contributed by atoms with Gasteiger partial charge in [0, 0.05) is 18.2 Å². The molecule has 5 nitrogen and oxygen atoms in total. The molecule has 0 aliphatic heterocycles. The largest absolute Gasteiger partial charge is 0.480 e. The molecule has 0 heterocycles. The first kappa shape index (κ1) is 14.3. The molecule has 88 valence electrons. The maximum absolute atomic E-state index is 10.4. The highest BCUT2D eigenvalue weighted by Gasteiger charge is 2.28. The molecule has 1 fully saturated rings. The van der Waals surface area contributed by atoms with Crippen LogP contribution < -0.4 is 11.1 Å². The van der Waals surface area contributed by atoms with Crippen LogP contribution in [-0.2, 0) is 4.79 Å². The van der Waals surface area contributed by atoms with Crippen molar-refractivity contribution in [1.82, 2.24) is 5.32 Å². The molecule has 1 aliphatic carbocycles. The van der Waals surface area contributed by atoms with Crippen molar-refractivity contribution in [3.05, 3.63) is 0 Å². The Balaban J connectivity index is 0.00000196. The minimum atomic E-state index is -0.936. The minimum absolute atomic E-state index is 0. The zero-order chi connectivity index (χ0) is 10.6. The predicted molar refractivity (Wildman–Crippen MR) is 60.8 cm³/mol. The molecular weight excluding hydrogens is 218 g/mol. The molecule has 1 aliphatic rings. The lowest BCUT2D eigenvalue weighted by Gasteiger charge is -2.06. The fraction of sp³-hybridized carbons (Fsp3) is 0.778. The molecule has 0 bridgehead atoms. The van der Waals surface area contributed by atoms with Crippen molar-refractivity contribution < 1.29 is 9.90 Å². The zero-order valence-corrected chi connectivity index (χ0v) is 9.35. The van der Waals surface area contributed by atoms with E-state index in [9.17, 15) is 4.79 Å². The van der Waals surface area contributed by atoms with Crippen LogP contribution >= 0.6 is 12.4 Å². The van der Waals surface area contributed by atoms with Gasteiger partial charge in [-0.15, -0.1) is 12.4 Å². The number of carbonyl (C=O) groups is 1. The van der Waals surface area contributed by atoms with Gasteiger partial charge in [0.15, 0.2) is 0 Å². The standard InChI is InChI=1S/C9H17N3O2.ClH/c10-7(9(13)14)2-1-3-12-5-6-4-8(6)11;/h6-7,11-12H,1-5,10H2,(H,13,14);1H/t6?,7-;/m0./s1. The average Bonchev–Trinajstić information content (AvgIpc) is 2.81. The number of halogens is 1. The van der Waals surface area contributed by atoms with Gasteiger partial charge in [-0.1, -0.05) is 0 Å². The molecule has 0 radical (unpaired) electrons. The number of rotatable bonds is 7. The van der Waals surface area contributed by atoms with Gasteiger partial charge in [0.05, 0.1) is 0 Å². The third-order valence-electron chi connectivity index (χ3n) is 2.38. The molecule has 6 heteroatoms. The van der Waals surface area contributed by atoms with E-state index >= 15 is 0 Å². The molecule has 2 atom stereocenters. The Labute approximate surface area is 95.3 Å². The number of hydrogen-bond acceptors (Lipinski definition) is 4. The molecule has 5 N–H and O–H groups in total. The summed E-state index contributed by atoms with van der Waals surface area (Å²) in [5.41, 5.74) is 6.15. The lowest BCUT2D eigenvalue weighted by atomic mass is 10.2. The van der Waals surface area contributed by atoms with Crippen LogP contribution in [0.3, 0.4) is 0 Å². The van der Waals surface area contributed by atoms with E-state index in [0.717, 1.165) is 31.6 Å². The molecule has 0 amide bonds. The number of aliphatic carboxylic acids is 1. The van der Waals surface area contributed by atoms with Crippen LogP contribution in [0.2, 0.25) is 0 Å². The monoisotopic (exact) mass is 235 g/mol. The molecule has 1 rings (SSSR count). The fourth-order valence-corrected chi connectivity index (χ4v) is 1.25. The van der Waals surface area contributed by atoms with Gasteiger partial charge < -0.3 is 21.6 Å². The predicted octanol–water partition coefficient (Wildman–Crippen LogP) is 0.230. The fourth-order valence-electron chi connectivity index (χ4n) is 1.25. The van der Waals surface area contributed by atoms with Gasteiger partial charge >= 0.3 is 5.97 Å². The molecule has 0 aromatic heterocycles. The number of nitrogens with one attached hydrogen (secondary N) is 2. The maximum Gasteiger partial charge on any atom is 0.320 e. The van der Waals surface area contributed by atoms with Crippen LogP contribution in [0, 0.1) is 11.3 Å². The first-order valence-electron chi connectivity index (χ1n) is 4.87. The van der Waals surface area contributed by atoms with Gasteiger partial charge in [0.2, 0.25) is 0 Å². The Hall–Kier alpha value is -0.650. The van der Waals surface area contributed by atoms with Crippen LogP contribution in [0.15, 0.2) is 0 Å². The average molecular weight is 236 g/mol. The topological polar surface area (TPSA) is 99.2 Å². The van der Waals surface area contributed by atoms with Crippen molar-refractivity contribution in [1.29, 1.82) is 5.41 Å². The molecule has 0 spiro atoms. The Morgan fingerprint density at radius 2 is 2.33 bits per heavy atom. The maximum atomic E-state index is 10.4. The highest BCUT2D eigenvalue weighted by molar-refractivity contribution is 5.98. The second kappa shape index (κ2) is 6.76. The highest BCUT2D eigenvalue weighted by atomic mass is 35.5. The summed E-state index contributed by atoms with van der Waals surface area (Å²) < 4.78 is 0. The first-order valence-corrected chi connectivity index (χ1v) is 4.87. The van der Waals surface area contributed by atoms with E-state index in [1.54, 1.807) is 0 Å². The van der Waals surface area contributed by atoms with Gasteiger partial charge in [-0.25, -0.2) is 0 Å². The van der Waals surface area contributed by atoms with Crippen LogP contribution in [0.5, 0.6) is 0 Å². The van der Waals surface area contributed by atoms with Gasteiger partial charge in [-0.05, 0) is 25.8 Å². The Kier molecular flexibility index (Phi) is 6.47. The van der Waals surface area contributed by atoms with E-state index in [0.29, 0.717) is 12.3 Å². The second-order valence-electron chi connectivity index (χ2n) is 3.72. The summed E-state index contributed by atoms with van der Waals surface area (Å²) in [6.45, 7) is 1.63. The number of carboxylic acid groups (broad SMARTS) is 1. The van der Waals surface area contributed by atoms with Crippen LogP contribution in [0.1, 0.15) is 19.3 Å². The second-order valence-corrected chi connectivity index (χ2v) is 3.72. The summed E-state index contributed by atoms with van der Waals surface area (Å²) in [7, 11) is 0. The van der Waals surface area contributed by atoms with Gasteiger partial charge in [0.25, 0.3) is 0 Å². The lowest BCUT2D eigenvalue weighted by Crippen LogP contribution is -2.31. The van der Waals surface area contributed by atoms with Crippen molar-refractivity contribution in [3.63, 3.8) is 0 Å². The van der Waals surface area contributed by atoms with Crippen LogP contribution in [0.25, 0.3) is 0 Å². The summed E-state index contributed by atoms with van der Waals surface area (Å²) in [5, 5.41) is 18.9. The Morgan fingerprint density at radius 1 is 1.73 bits per heavy atom. The van der Waals surface area contributed by atoms with Gasteiger partial charge in [0.1, 0.15) is 6.04 Å². The summed E-state index contributed by atoms with van der Waals surface area (Å²) >= 11 is 0. The van der Waals surface area contributed by atoms with Crippen molar-refractivity contribution in [2.24, 2.45) is 11.7 Å². The van der Waals surface area contributed by atoms with E-state index in [-0.39, 0.29) is 12.4 Å². The Morgan fingerprint density at radius 3 is 2.80 bits per heavy atom. The van der Waals surface area contributed by atoms with Crippen molar-refractivity contribution in [2.75, 3.05) is 13.1 Å². The normalized spacial score (nSPS) is 20.6. The molecule has 1 unspecified atom stereocenters. The molecule has 0 saturated heterocycles. The van der Waals surface area contributed by atoms with Crippen molar-refractivity contribution >= 4 is 24.1 Å². The molecule has 15 heavy (non-hydrogen) atoms. The van der Waals surface area contributed by atoms with Crippen LogP contribution in [0.4, 0.5) is 0 Å². The van der Waals surface area contributed by atoms with E-state index in [1.807, 2.05) is 0 Å². The highest BCUT2D eigenvalue weighted by Crippen LogP contribution is 2.22. The summed E-state index contributed by atoms with van der Waals surface area (Å²) in [5.74, 6) is -0.503. The van der Waals surface area contributed by atoms with Gasteiger partial charge in [-0.2, -0.15) is 0 Å². The third kappa shape index (κ3) is 5.71. The molecule has 0 aromatic carbocycles.